The molecule has 1 saturated heterocycles. The number of nitrogens with zero attached hydrogens (tertiary/aromatic N) is 2. The molecule has 158 valence electrons. The number of carbonyl (C=O) groups excluding carboxylic acids is 2. The Hall–Kier alpha value is -2.21. The molecule has 0 bridgehead atoms. The van der Waals surface area contributed by atoms with Gasteiger partial charge < -0.3 is 19.0 Å². The van der Waals surface area contributed by atoms with Crippen LogP contribution < -0.4 is 0 Å². The quantitative estimate of drug-likeness (QED) is 0.691. The van der Waals surface area contributed by atoms with Crippen LogP contribution in [0.25, 0.3) is 11.0 Å². The molecule has 1 aliphatic rings. The first kappa shape index (κ1) is 21.5. The van der Waals surface area contributed by atoms with Crippen molar-refractivity contribution >= 4 is 34.6 Å². The predicted molar refractivity (Wildman–Crippen MR) is 113 cm³/mol. The van der Waals surface area contributed by atoms with E-state index in [9.17, 15) is 9.59 Å². The van der Waals surface area contributed by atoms with Crippen LogP contribution in [0.3, 0.4) is 0 Å². The van der Waals surface area contributed by atoms with Crippen LogP contribution in [-0.2, 0) is 4.74 Å². The number of carbonyl (C=O) groups is 2. The van der Waals surface area contributed by atoms with Crippen molar-refractivity contribution in [1.29, 1.82) is 0 Å². The average Bonchev–Trinajstić information content (AvgIpc) is 2.96. The molecule has 3 rings (SSSR count). The Kier molecular flexibility index (Phi) is 6.13. The number of halogens is 1. The summed E-state index contributed by atoms with van der Waals surface area (Å²) in [5.41, 5.74) is 0.940. The number of fused-ring (bicyclic) bond motifs is 1. The summed E-state index contributed by atoms with van der Waals surface area (Å²) < 4.78 is 11.3. The zero-order chi connectivity index (χ0) is 21.3. The van der Waals surface area contributed by atoms with Crippen molar-refractivity contribution in [2.24, 2.45) is 5.92 Å². The van der Waals surface area contributed by atoms with Crippen molar-refractivity contribution in [3.63, 3.8) is 0 Å². The lowest BCUT2D eigenvalue weighted by Gasteiger charge is -2.34. The Labute approximate surface area is 176 Å². The van der Waals surface area contributed by atoms with Crippen molar-refractivity contribution in [1.82, 2.24) is 9.80 Å². The zero-order valence-corrected chi connectivity index (χ0v) is 18.5. The highest BCUT2D eigenvalue weighted by molar-refractivity contribution is 6.31. The van der Waals surface area contributed by atoms with Gasteiger partial charge in [0.1, 0.15) is 11.2 Å². The third-order valence-corrected chi connectivity index (χ3v) is 5.37. The Morgan fingerprint density at radius 1 is 1.34 bits per heavy atom. The summed E-state index contributed by atoms with van der Waals surface area (Å²) in [5, 5.41) is 1.47. The number of rotatable bonds is 3. The monoisotopic (exact) mass is 420 g/mol. The number of piperidine rings is 1. The summed E-state index contributed by atoms with van der Waals surface area (Å²) in [6, 6.07) is 5.36. The molecular formula is C22H29ClN2O4. The fraction of sp³-hybridized carbons (Fsp3) is 0.545. The van der Waals surface area contributed by atoms with E-state index in [1.54, 1.807) is 24.1 Å². The average molecular weight is 421 g/mol. The van der Waals surface area contributed by atoms with Crippen molar-refractivity contribution in [3.8, 4) is 0 Å². The number of likely N-dealkylation sites (tertiary alicyclic amines) is 1. The molecule has 2 amide bonds. The fourth-order valence-corrected chi connectivity index (χ4v) is 3.91. The van der Waals surface area contributed by atoms with Crippen LogP contribution in [0.5, 0.6) is 0 Å². The maximum absolute atomic E-state index is 13.1. The van der Waals surface area contributed by atoms with Gasteiger partial charge in [0.05, 0.1) is 0 Å². The standard InChI is InChI=1S/C22H29ClN2O4/c1-14-17-11-16(23)8-9-18(17)28-19(14)20(26)25-10-6-7-15(13-25)12-24(5)21(27)29-22(2,3)4/h8-9,11,15H,6-7,10,12-13H2,1-5H3. The van der Waals surface area contributed by atoms with Crippen LogP contribution in [0.1, 0.15) is 49.7 Å². The maximum Gasteiger partial charge on any atom is 0.410 e. The highest BCUT2D eigenvalue weighted by atomic mass is 35.5. The molecule has 1 fully saturated rings. The van der Waals surface area contributed by atoms with Crippen molar-refractivity contribution < 1.29 is 18.7 Å². The molecule has 1 aromatic heterocycles. The van der Waals surface area contributed by atoms with Gasteiger partial charge in [-0.05, 0) is 64.7 Å². The van der Waals surface area contributed by atoms with Gasteiger partial charge in [-0.1, -0.05) is 11.6 Å². The lowest BCUT2D eigenvalue weighted by molar-refractivity contribution is 0.0243. The lowest BCUT2D eigenvalue weighted by Crippen LogP contribution is -2.45. The molecular weight excluding hydrogens is 392 g/mol. The molecule has 1 atom stereocenters. The highest BCUT2D eigenvalue weighted by Crippen LogP contribution is 2.30. The van der Waals surface area contributed by atoms with Crippen LogP contribution in [0, 0.1) is 12.8 Å². The van der Waals surface area contributed by atoms with Crippen LogP contribution in [-0.4, -0.2) is 54.1 Å². The first-order chi connectivity index (χ1) is 13.5. The molecule has 29 heavy (non-hydrogen) atoms. The van der Waals surface area contributed by atoms with Gasteiger partial charge in [-0.15, -0.1) is 0 Å². The van der Waals surface area contributed by atoms with Gasteiger partial charge in [0.25, 0.3) is 5.91 Å². The second-order valence-corrected chi connectivity index (χ2v) is 9.25. The number of aryl methyl sites for hydroxylation is 1. The lowest BCUT2D eigenvalue weighted by atomic mass is 9.97. The molecule has 0 aliphatic carbocycles. The minimum atomic E-state index is -0.526. The minimum absolute atomic E-state index is 0.112. The van der Waals surface area contributed by atoms with E-state index in [0.29, 0.717) is 36.0 Å². The van der Waals surface area contributed by atoms with Gasteiger partial charge >= 0.3 is 6.09 Å². The molecule has 1 aromatic carbocycles. The van der Waals surface area contributed by atoms with Crippen LogP contribution in [0.15, 0.2) is 22.6 Å². The smallest absolute Gasteiger partial charge is 0.410 e. The van der Waals surface area contributed by atoms with Gasteiger partial charge in [-0.2, -0.15) is 0 Å². The van der Waals surface area contributed by atoms with E-state index in [4.69, 9.17) is 20.8 Å². The van der Waals surface area contributed by atoms with E-state index >= 15 is 0 Å². The summed E-state index contributed by atoms with van der Waals surface area (Å²) in [6.07, 6.45) is 1.51. The molecule has 2 heterocycles. The summed E-state index contributed by atoms with van der Waals surface area (Å²) in [5.74, 6) is 0.451. The van der Waals surface area contributed by atoms with E-state index in [0.717, 1.165) is 23.8 Å². The Morgan fingerprint density at radius 2 is 2.07 bits per heavy atom. The summed E-state index contributed by atoms with van der Waals surface area (Å²) >= 11 is 6.08. The van der Waals surface area contributed by atoms with Crippen molar-refractivity contribution in [2.45, 2.75) is 46.1 Å². The Morgan fingerprint density at radius 3 is 2.76 bits per heavy atom. The molecule has 1 unspecified atom stereocenters. The number of benzene rings is 1. The molecule has 2 aromatic rings. The first-order valence-electron chi connectivity index (χ1n) is 9.97. The number of hydrogen-bond acceptors (Lipinski definition) is 4. The second-order valence-electron chi connectivity index (χ2n) is 8.82. The third kappa shape index (κ3) is 5.04. The van der Waals surface area contributed by atoms with Gasteiger partial charge in [0.2, 0.25) is 0 Å². The minimum Gasteiger partial charge on any atom is -0.451 e. The molecule has 0 spiro atoms. The van der Waals surface area contributed by atoms with E-state index in [2.05, 4.69) is 0 Å². The van der Waals surface area contributed by atoms with Gasteiger partial charge in [0.15, 0.2) is 5.76 Å². The highest BCUT2D eigenvalue weighted by Gasteiger charge is 2.30. The van der Waals surface area contributed by atoms with E-state index in [1.807, 2.05) is 38.7 Å². The van der Waals surface area contributed by atoms with Gasteiger partial charge in [-0.25, -0.2) is 4.79 Å². The summed E-state index contributed by atoms with van der Waals surface area (Å²) in [7, 11) is 1.74. The Balaban J connectivity index is 1.68. The molecule has 0 saturated carbocycles. The van der Waals surface area contributed by atoms with Crippen LogP contribution >= 0.6 is 11.6 Å². The van der Waals surface area contributed by atoms with Gasteiger partial charge in [0, 0.05) is 42.7 Å². The number of hydrogen-bond donors (Lipinski definition) is 0. The van der Waals surface area contributed by atoms with Gasteiger partial charge in [-0.3, -0.25) is 4.79 Å². The molecule has 1 aliphatic heterocycles. The molecule has 0 N–H and O–H groups in total. The third-order valence-electron chi connectivity index (χ3n) is 5.14. The van der Waals surface area contributed by atoms with E-state index in [1.165, 1.54) is 0 Å². The predicted octanol–water partition coefficient (Wildman–Crippen LogP) is 5.11. The van der Waals surface area contributed by atoms with Crippen molar-refractivity contribution in [3.05, 3.63) is 34.5 Å². The molecule has 6 nitrogen and oxygen atoms in total. The van der Waals surface area contributed by atoms with Crippen LogP contribution in [0.4, 0.5) is 4.79 Å². The number of amides is 2. The summed E-state index contributed by atoms with van der Waals surface area (Å²) in [6.45, 7) is 9.25. The summed E-state index contributed by atoms with van der Waals surface area (Å²) in [4.78, 5) is 28.8. The molecule has 0 radical (unpaired) electrons. The SMILES string of the molecule is Cc1c(C(=O)N2CCCC(CN(C)C(=O)OC(C)(C)C)C2)oc2ccc(Cl)cc12. The fourth-order valence-electron chi connectivity index (χ4n) is 3.74. The first-order valence-corrected chi connectivity index (χ1v) is 10.3. The normalized spacial score (nSPS) is 17.4. The number of ether oxygens (including phenoxy) is 1. The maximum atomic E-state index is 13.1. The second kappa shape index (κ2) is 8.27. The number of furan rings is 1. The Bertz CT molecular complexity index is 915. The molecule has 7 heteroatoms. The van der Waals surface area contributed by atoms with Crippen LogP contribution in [0.2, 0.25) is 5.02 Å². The van der Waals surface area contributed by atoms with E-state index < -0.39 is 5.60 Å². The van der Waals surface area contributed by atoms with E-state index in [-0.39, 0.29) is 17.9 Å². The largest absolute Gasteiger partial charge is 0.451 e. The topological polar surface area (TPSA) is 63.0 Å². The van der Waals surface area contributed by atoms with Crippen molar-refractivity contribution in [2.75, 3.05) is 26.7 Å². The zero-order valence-electron chi connectivity index (χ0n) is 17.8.